The number of rotatable bonds is 4. The number of amides is 2. The zero-order valence-electron chi connectivity index (χ0n) is 16.5. The SMILES string of the molecule is Cc1ncccc1Cn1cc(F)c(C(=O)N[C@H]2CCc3nccnc3N(C)C2=O)n1. The molecule has 1 aliphatic rings. The number of aryl methyl sites for hydroxylation is 2. The molecule has 0 saturated carbocycles. The number of carbonyl (C=O) groups is 2. The van der Waals surface area contributed by atoms with E-state index in [2.05, 4.69) is 25.4 Å². The van der Waals surface area contributed by atoms with Crippen molar-refractivity contribution in [1.82, 2.24) is 30.0 Å². The topological polar surface area (TPSA) is 106 Å². The molecular formula is C20H20FN7O2. The minimum absolute atomic E-state index is 0.279. The molecule has 0 spiro atoms. The van der Waals surface area contributed by atoms with E-state index in [4.69, 9.17) is 0 Å². The molecule has 30 heavy (non-hydrogen) atoms. The Hall–Kier alpha value is -3.69. The maximum atomic E-state index is 14.4. The largest absolute Gasteiger partial charge is 0.339 e. The van der Waals surface area contributed by atoms with Crippen molar-refractivity contribution in [3.8, 4) is 0 Å². The fourth-order valence-electron chi connectivity index (χ4n) is 3.41. The van der Waals surface area contributed by atoms with Crippen molar-refractivity contribution in [2.24, 2.45) is 0 Å². The molecule has 1 N–H and O–H groups in total. The van der Waals surface area contributed by atoms with E-state index in [0.29, 0.717) is 24.4 Å². The third kappa shape index (κ3) is 3.76. The highest BCUT2D eigenvalue weighted by Gasteiger charge is 2.32. The van der Waals surface area contributed by atoms with Gasteiger partial charge in [-0.05, 0) is 31.4 Å². The van der Waals surface area contributed by atoms with Crippen LogP contribution in [0.25, 0.3) is 0 Å². The number of nitrogens with one attached hydrogen (secondary N) is 1. The monoisotopic (exact) mass is 409 g/mol. The summed E-state index contributed by atoms with van der Waals surface area (Å²) in [6.45, 7) is 2.13. The number of nitrogens with zero attached hydrogens (tertiary/aromatic N) is 6. The van der Waals surface area contributed by atoms with Gasteiger partial charge in [0, 0.05) is 31.3 Å². The van der Waals surface area contributed by atoms with Crippen LogP contribution in [0.5, 0.6) is 0 Å². The third-order valence-electron chi connectivity index (χ3n) is 5.05. The van der Waals surface area contributed by atoms with E-state index >= 15 is 0 Å². The minimum Gasteiger partial charge on any atom is -0.339 e. The van der Waals surface area contributed by atoms with Crippen LogP contribution >= 0.6 is 0 Å². The van der Waals surface area contributed by atoms with Gasteiger partial charge in [0.1, 0.15) is 6.04 Å². The van der Waals surface area contributed by atoms with Crippen molar-refractivity contribution in [3.05, 3.63) is 65.4 Å². The second-order valence-electron chi connectivity index (χ2n) is 7.06. The molecule has 10 heteroatoms. The molecule has 2 amide bonds. The van der Waals surface area contributed by atoms with Gasteiger partial charge in [0.15, 0.2) is 17.3 Å². The summed E-state index contributed by atoms with van der Waals surface area (Å²) in [4.78, 5) is 39.4. The average molecular weight is 409 g/mol. The maximum absolute atomic E-state index is 14.4. The molecule has 0 aliphatic carbocycles. The van der Waals surface area contributed by atoms with Gasteiger partial charge in [-0.1, -0.05) is 6.07 Å². The molecule has 0 saturated heterocycles. The molecule has 0 unspecified atom stereocenters. The molecule has 0 radical (unpaired) electrons. The maximum Gasteiger partial charge on any atom is 0.275 e. The summed E-state index contributed by atoms with van der Waals surface area (Å²) < 4.78 is 15.8. The summed E-state index contributed by atoms with van der Waals surface area (Å²) in [6, 6.07) is 2.82. The van der Waals surface area contributed by atoms with E-state index in [9.17, 15) is 14.0 Å². The predicted molar refractivity (Wildman–Crippen MR) is 105 cm³/mol. The van der Waals surface area contributed by atoms with Crippen molar-refractivity contribution in [3.63, 3.8) is 0 Å². The van der Waals surface area contributed by atoms with Gasteiger partial charge in [0.25, 0.3) is 11.8 Å². The van der Waals surface area contributed by atoms with E-state index < -0.39 is 17.8 Å². The molecule has 9 nitrogen and oxygen atoms in total. The molecule has 1 aliphatic heterocycles. The van der Waals surface area contributed by atoms with Gasteiger partial charge >= 0.3 is 0 Å². The smallest absolute Gasteiger partial charge is 0.275 e. The van der Waals surface area contributed by atoms with Crippen LogP contribution in [0.1, 0.15) is 33.9 Å². The van der Waals surface area contributed by atoms with E-state index in [-0.39, 0.29) is 18.1 Å². The lowest BCUT2D eigenvalue weighted by atomic mass is 10.1. The summed E-state index contributed by atoms with van der Waals surface area (Å²) in [7, 11) is 1.58. The van der Waals surface area contributed by atoms with E-state index in [1.165, 1.54) is 15.8 Å². The van der Waals surface area contributed by atoms with Gasteiger partial charge in [-0.2, -0.15) is 5.10 Å². The number of anilines is 1. The number of hydrogen-bond donors (Lipinski definition) is 1. The van der Waals surface area contributed by atoms with Gasteiger partial charge in [-0.15, -0.1) is 0 Å². The molecule has 3 aromatic rings. The van der Waals surface area contributed by atoms with Gasteiger partial charge in [-0.25, -0.2) is 9.37 Å². The van der Waals surface area contributed by atoms with E-state index in [1.54, 1.807) is 25.5 Å². The van der Waals surface area contributed by atoms with Crippen LogP contribution in [0, 0.1) is 12.7 Å². The first-order valence-electron chi connectivity index (χ1n) is 9.46. The Bertz CT molecular complexity index is 1110. The fourth-order valence-corrected chi connectivity index (χ4v) is 3.41. The first-order chi connectivity index (χ1) is 14.4. The molecule has 0 fully saturated rings. The molecule has 0 aromatic carbocycles. The highest BCUT2D eigenvalue weighted by Crippen LogP contribution is 2.21. The van der Waals surface area contributed by atoms with Crippen LogP contribution in [-0.2, 0) is 17.8 Å². The van der Waals surface area contributed by atoms with Crippen molar-refractivity contribution >= 4 is 17.6 Å². The lowest BCUT2D eigenvalue weighted by Crippen LogP contribution is -2.47. The molecule has 1 atom stereocenters. The van der Waals surface area contributed by atoms with Gasteiger partial charge in [0.2, 0.25) is 0 Å². The van der Waals surface area contributed by atoms with Crippen LogP contribution in [0.3, 0.4) is 0 Å². The number of aromatic nitrogens is 5. The summed E-state index contributed by atoms with van der Waals surface area (Å²) in [5.74, 6) is -1.38. The molecule has 3 aromatic heterocycles. The first-order valence-corrected chi connectivity index (χ1v) is 9.46. The Morgan fingerprint density at radius 1 is 1.27 bits per heavy atom. The number of fused-ring (bicyclic) bond motifs is 1. The molecule has 4 heterocycles. The third-order valence-corrected chi connectivity index (χ3v) is 5.05. The minimum atomic E-state index is -0.830. The van der Waals surface area contributed by atoms with Crippen molar-refractivity contribution in [1.29, 1.82) is 0 Å². The number of likely N-dealkylation sites (N-methyl/N-ethyl adjacent to an activating group) is 1. The quantitative estimate of drug-likeness (QED) is 0.696. The van der Waals surface area contributed by atoms with Crippen LogP contribution in [0.4, 0.5) is 10.2 Å². The standard InChI is InChI=1S/C20H20FN7O2/c1-12-13(4-3-7-22-12)10-28-11-14(21)17(26-28)19(29)25-16-6-5-15-18(24-9-8-23-15)27(2)20(16)30/h3-4,7-9,11,16H,5-6,10H2,1-2H3,(H,25,29)/t16-/m0/s1. The second kappa shape index (κ2) is 7.97. The van der Waals surface area contributed by atoms with Crippen molar-refractivity contribution in [2.45, 2.75) is 32.4 Å². The van der Waals surface area contributed by atoms with Crippen LogP contribution in [-0.4, -0.2) is 49.6 Å². The van der Waals surface area contributed by atoms with Crippen LogP contribution in [0.15, 0.2) is 36.9 Å². The van der Waals surface area contributed by atoms with Crippen LogP contribution in [0.2, 0.25) is 0 Å². The fraction of sp³-hybridized carbons (Fsp3) is 0.300. The zero-order valence-corrected chi connectivity index (χ0v) is 16.5. The number of pyridine rings is 1. The Morgan fingerprint density at radius 3 is 2.87 bits per heavy atom. The van der Waals surface area contributed by atoms with Gasteiger partial charge in [-0.3, -0.25) is 29.1 Å². The lowest BCUT2D eigenvalue weighted by molar-refractivity contribution is -0.120. The Morgan fingerprint density at radius 2 is 2.07 bits per heavy atom. The summed E-state index contributed by atoms with van der Waals surface area (Å²) >= 11 is 0. The summed E-state index contributed by atoms with van der Waals surface area (Å²) in [6.07, 6.45) is 6.69. The molecule has 0 bridgehead atoms. The molecule has 154 valence electrons. The van der Waals surface area contributed by atoms with Crippen molar-refractivity contribution in [2.75, 3.05) is 11.9 Å². The number of carbonyl (C=O) groups excluding carboxylic acids is 2. The first kappa shape index (κ1) is 19.6. The normalized spacial score (nSPS) is 16.2. The Kier molecular flexibility index (Phi) is 5.21. The van der Waals surface area contributed by atoms with Crippen LogP contribution < -0.4 is 10.2 Å². The Labute approximate surface area is 172 Å². The lowest BCUT2D eigenvalue weighted by Gasteiger charge is -2.20. The number of hydrogen-bond acceptors (Lipinski definition) is 6. The van der Waals surface area contributed by atoms with Crippen molar-refractivity contribution < 1.29 is 14.0 Å². The summed E-state index contributed by atoms with van der Waals surface area (Å²) in [5.41, 5.74) is 1.98. The average Bonchev–Trinajstić information content (AvgIpc) is 3.06. The van der Waals surface area contributed by atoms with E-state index in [0.717, 1.165) is 17.5 Å². The second-order valence-corrected chi connectivity index (χ2v) is 7.06. The summed E-state index contributed by atoms with van der Waals surface area (Å²) in [5, 5.41) is 6.68. The molecular weight excluding hydrogens is 389 g/mol. The highest BCUT2D eigenvalue weighted by atomic mass is 19.1. The Balaban J connectivity index is 1.50. The van der Waals surface area contributed by atoms with Gasteiger partial charge in [0.05, 0.1) is 18.4 Å². The number of halogens is 1. The molecule has 4 rings (SSSR count). The zero-order chi connectivity index (χ0) is 21.3. The highest BCUT2D eigenvalue weighted by molar-refractivity contribution is 6.01. The van der Waals surface area contributed by atoms with Gasteiger partial charge < -0.3 is 5.32 Å². The predicted octanol–water partition coefficient (Wildman–Crippen LogP) is 1.27. The van der Waals surface area contributed by atoms with E-state index in [1.807, 2.05) is 13.0 Å².